The van der Waals surface area contributed by atoms with Crippen molar-refractivity contribution in [2.24, 2.45) is 0 Å². The SMILES string of the molecule is COc1ccccc1CC(=O)Nc1ccc(Oc2cc(-n3ccnc3)nc(C)n2)cc1. The van der Waals surface area contributed by atoms with Crippen LogP contribution in [0.1, 0.15) is 11.4 Å². The van der Waals surface area contributed by atoms with Gasteiger partial charge in [-0.1, -0.05) is 18.2 Å². The number of hydrogen-bond donors (Lipinski definition) is 1. The molecule has 31 heavy (non-hydrogen) atoms. The maximum absolute atomic E-state index is 12.4. The molecule has 0 aliphatic heterocycles. The lowest BCUT2D eigenvalue weighted by molar-refractivity contribution is -0.115. The van der Waals surface area contributed by atoms with E-state index >= 15 is 0 Å². The Kier molecular flexibility index (Phi) is 5.89. The second kappa shape index (κ2) is 9.08. The van der Waals surface area contributed by atoms with Crippen LogP contribution in [0.5, 0.6) is 17.4 Å². The second-order valence-electron chi connectivity index (χ2n) is 6.74. The number of ether oxygens (including phenoxy) is 2. The predicted octanol–water partition coefficient (Wildman–Crippen LogP) is 3.95. The van der Waals surface area contributed by atoms with E-state index in [-0.39, 0.29) is 12.3 Å². The molecule has 0 aliphatic carbocycles. The molecule has 0 bridgehead atoms. The molecule has 1 N–H and O–H groups in total. The molecule has 0 atom stereocenters. The van der Waals surface area contributed by atoms with Gasteiger partial charge in [-0.25, -0.2) is 9.97 Å². The number of methoxy groups -OCH3 is 1. The van der Waals surface area contributed by atoms with Crippen LogP contribution < -0.4 is 14.8 Å². The summed E-state index contributed by atoms with van der Waals surface area (Å²) in [4.78, 5) is 25.1. The van der Waals surface area contributed by atoms with Gasteiger partial charge in [0.05, 0.1) is 13.5 Å². The zero-order valence-electron chi connectivity index (χ0n) is 17.1. The largest absolute Gasteiger partial charge is 0.496 e. The molecule has 0 spiro atoms. The van der Waals surface area contributed by atoms with Crippen LogP contribution in [0.4, 0.5) is 5.69 Å². The Morgan fingerprint density at radius 1 is 1.10 bits per heavy atom. The molecule has 8 nitrogen and oxygen atoms in total. The highest BCUT2D eigenvalue weighted by atomic mass is 16.5. The van der Waals surface area contributed by atoms with Crippen LogP contribution >= 0.6 is 0 Å². The first-order valence-electron chi connectivity index (χ1n) is 9.64. The molecule has 0 fully saturated rings. The van der Waals surface area contributed by atoms with Gasteiger partial charge >= 0.3 is 0 Å². The number of hydrogen-bond acceptors (Lipinski definition) is 6. The quantitative estimate of drug-likeness (QED) is 0.491. The van der Waals surface area contributed by atoms with Crippen LogP contribution in [0, 0.1) is 6.92 Å². The third-order valence-corrected chi connectivity index (χ3v) is 4.47. The third-order valence-electron chi connectivity index (χ3n) is 4.47. The molecular weight excluding hydrogens is 394 g/mol. The number of nitrogens with one attached hydrogen (secondary N) is 1. The van der Waals surface area contributed by atoms with E-state index in [9.17, 15) is 4.79 Å². The first-order valence-corrected chi connectivity index (χ1v) is 9.64. The average Bonchev–Trinajstić information content (AvgIpc) is 3.30. The van der Waals surface area contributed by atoms with E-state index in [1.165, 1.54) is 0 Å². The fourth-order valence-electron chi connectivity index (χ4n) is 3.06. The highest BCUT2D eigenvalue weighted by Gasteiger charge is 2.10. The van der Waals surface area contributed by atoms with Crippen LogP contribution in [-0.2, 0) is 11.2 Å². The van der Waals surface area contributed by atoms with Crippen LogP contribution in [0.3, 0.4) is 0 Å². The monoisotopic (exact) mass is 415 g/mol. The Balaban J connectivity index is 1.41. The van der Waals surface area contributed by atoms with Gasteiger partial charge in [0.25, 0.3) is 0 Å². The fraction of sp³-hybridized carbons (Fsp3) is 0.130. The van der Waals surface area contributed by atoms with Gasteiger partial charge in [0.15, 0.2) is 0 Å². The number of carbonyl (C=O) groups excluding carboxylic acids is 1. The Morgan fingerprint density at radius 3 is 2.65 bits per heavy atom. The number of carbonyl (C=O) groups is 1. The highest BCUT2D eigenvalue weighted by Crippen LogP contribution is 2.24. The van der Waals surface area contributed by atoms with Crippen molar-refractivity contribution in [3.05, 3.63) is 84.7 Å². The van der Waals surface area contributed by atoms with Gasteiger partial charge in [0.2, 0.25) is 11.8 Å². The van der Waals surface area contributed by atoms with Gasteiger partial charge in [0, 0.05) is 29.7 Å². The lowest BCUT2D eigenvalue weighted by Gasteiger charge is -2.10. The molecular formula is C23H21N5O3. The van der Waals surface area contributed by atoms with Crippen molar-refractivity contribution in [1.82, 2.24) is 19.5 Å². The number of para-hydroxylation sites is 1. The molecule has 2 aromatic heterocycles. The molecule has 0 radical (unpaired) electrons. The van der Waals surface area contributed by atoms with Crippen molar-refractivity contribution >= 4 is 11.6 Å². The van der Waals surface area contributed by atoms with Crippen LogP contribution in [0.25, 0.3) is 5.82 Å². The zero-order valence-corrected chi connectivity index (χ0v) is 17.1. The maximum atomic E-state index is 12.4. The van der Waals surface area contributed by atoms with Gasteiger partial charge in [-0.2, -0.15) is 4.98 Å². The Hall–Kier alpha value is -4.20. The predicted molar refractivity (Wildman–Crippen MR) is 116 cm³/mol. The fourth-order valence-corrected chi connectivity index (χ4v) is 3.06. The molecule has 4 aromatic rings. The Morgan fingerprint density at radius 2 is 1.90 bits per heavy atom. The average molecular weight is 415 g/mol. The van der Waals surface area contributed by atoms with Crippen molar-refractivity contribution < 1.29 is 14.3 Å². The summed E-state index contributed by atoms with van der Waals surface area (Å²) in [6.07, 6.45) is 5.36. The topological polar surface area (TPSA) is 91.2 Å². The van der Waals surface area contributed by atoms with E-state index in [1.807, 2.05) is 24.3 Å². The third kappa shape index (κ3) is 5.05. The number of imidazole rings is 1. The molecule has 0 saturated heterocycles. The van der Waals surface area contributed by atoms with Crippen molar-refractivity contribution in [2.75, 3.05) is 12.4 Å². The first-order chi connectivity index (χ1) is 15.1. The van der Waals surface area contributed by atoms with Crippen molar-refractivity contribution in [2.45, 2.75) is 13.3 Å². The van der Waals surface area contributed by atoms with Crippen LogP contribution in [0.15, 0.2) is 73.3 Å². The molecule has 156 valence electrons. The molecule has 2 heterocycles. The van der Waals surface area contributed by atoms with Crippen LogP contribution in [0.2, 0.25) is 0 Å². The Labute approximate surface area is 179 Å². The maximum Gasteiger partial charge on any atom is 0.228 e. The smallest absolute Gasteiger partial charge is 0.228 e. The van der Waals surface area contributed by atoms with E-state index in [0.717, 1.165) is 5.56 Å². The van der Waals surface area contributed by atoms with Crippen molar-refractivity contribution in [3.8, 4) is 23.2 Å². The number of nitrogens with zero attached hydrogens (tertiary/aromatic N) is 4. The molecule has 4 rings (SSSR count). The van der Waals surface area contributed by atoms with Gasteiger partial charge in [-0.05, 0) is 37.3 Å². The van der Waals surface area contributed by atoms with E-state index in [0.29, 0.717) is 34.7 Å². The summed E-state index contributed by atoms with van der Waals surface area (Å²) in [5, 5.41) is 2.88. The molecule has 0 saturated carbocycles. The summed E-state index contributed by atoms with van der Waals surface area (Å²) >= 11 is 0. The zero-order chi connectivity index (χ0) is 21.6. The standard InChI is InChI=1S/C23H21N5O3/c1-16-25-21(28-12-11-24-15-28)14-23(26-16)31-19-9-7-18(8-10-19)27-22(29)13-17-5-3-4-6-20(17)30-2/h3-12,14-15H,13H2,1-2H3,(H,27,29). The minimum atomic E-state index is -0.130. The minimum absolute atomic E-state index is 0.130. The molecule has 1 amide bonds. The molecule has 2 aromatic carbocycles. The van der Waals surface area contributed by atoms with Gasteiger partial charge in [-0.15, -0.1) is 0 Å². The number of aromatic nitrogens is 4. The molecule has 0 aliphatic rings. The number of amides is 1. The Bertz CT molecular complexity index is 1170. The minimum Gasteiger partial charge on any atom is -0.496 e. The molecule has 0 unspecified atom stereocenters. The van der Waals surface area contributed by atoms with Gasteiger partial charge < -0.3 is 14.8 Å². The van der Waals surface area contributed by atoms with E-state index in [1.54, 1.807) is 67.7 Å². The second-order valence-corrected chi connectivity index (χ2v) is 6.74. The lowest BCUT2D eigenvalue weighted by Crippen LogP contribution is -2.14. The number of rotatable bonds is 7. The van der Waals surface area contributed by atoms with Gasteiger partial charge in [0.1, 0.15) is 29.5 Å². The van der Waals surface area contributed by atoms with Crippen molar-refractivity contribution in [3.63, 3.8) is 0 Å². The van der Waals surface area contributed by atoms with E-state index < -0.39 is 0 Å². The summed E-state index contributed by atoms with van der Waals surface area (Å²) in [5.74, 6) is 2.83. The molecule has 8 heteroatoms. The summed E-state index contributed by atoms with van der Waals surface area (Å²) in [6, 6.07) is 16.3. The van der Waals surface area contributed by atoms with E-state index in [2.05, 4.69) is 20.3 Å². The summed E-state index contributed by atoms with van der Waals surface area (Å²) in [7, 11) is 1.59. The first kappa shape index (κ1) is 20.1. The van der Waals surface area contributed by atoms with E-state index in [4.69, 9.17) is 9.47 Å². The van der Waals surface area contributed by atoms with Crippen molar-refractivity contribution in [1.29, 1.82) is 0 Å². The number of anilines is 1. The summed E-state index contributed by atoms with van der Waals surface area (Å²) in [5.41, 5.74) is 1.50. The van der Waals surface area contributed by atoms with Gasteiger partial charge in [-0.3, -0.25) is 9.36 Å². The highest BCUT2D eigenvalue weighted by molar-refractivity contribution is 5.92. The lowest BCUT2D eigenvalue weighted by atomic mass is 10.1. The number of benzene rings is 2. The number of aryl methyl sites for hydroxylation is 1. The summed E-state index contributed by atoms with van der Waals surface area (Å²) in [6.45, 7) is 1.80. The normalized spacial score (nSPS) is 10.5. The summed E-state index contributed by atoms with van der Waals surface area (Å²) < 4.78 is 12.9. The van der Waals surface area contributed by atoms with Crippen LogP contribution in [-0.4, -0.2) is 32.5 Å².